The highest BCUT2D eigenvalue weighted by Crippen LogP contribution is 2.35. The zero-order valence-electron chi connectivity index (χ0n) is 20.2. The smallest absolute Gasteiger partial charge is 0.309 e. The fourth-order valence-corrected chi connectivity index (χ4v) is 3.94. The Hall–Kier alpha value is -3.88. The zero-order valence-corrected chi connectivity index (χ0v) is 20.2. The highest BCUT2D eigenvalue weighted by atomic mass is 19.1. The SMILES string of the molecule is COc1ccnc(C(=O)C[C@@H](C)C(=O)O[C@@H](C)[C@@H](c2ccc(C)cc2F)c2ccc(F)cc2F)c1O. The summed E-state index contributed by atoms with van der Waals surface area (Å²) in [5.74, 6) is -6.18. The van der Waals surface area contributed by atoms with Gasteiger partial charge in [0.1, 0.15) is 23.6 Å². The van der Waals surface area contributed by atoms with Gasteiger partial charge in [0.25, 0.3) is 0 Å². The number of benzene rings is 2. The number of hydrogen-bond acceptors (Lipinski definition) is 6. The van der Waals surface area contributed by atoms with Crippen LogP contribution in [-0.4, -0.2) is 35.1 Å². The van der Waals surface area contributed by atoms with Crippen LogP contribution in [0.4, 0.5) is 13.2 Å². The minimum Gasteiger partial charge on any atom is -0.503 e. The van der Waals surface area contributed by atoms with Crippen molar-refractivity contribution in [3.05, 3.63) is 88.5 Å². The van der Waals surface area contributed by atoms with Gasteiger partial charge in [0.2, 0.25) is 0 Å². The van der Waals surface area contributed by atoms with Crippen LogP contribution in [0.5, 0.6) is 11.5 Å². The number of Topliss-reactive ketones (excluding diaryl/α,β-unsaturated/α-hetero) is 1. The summed E-state index contributed by atoms with van der Waals surface area (Å²) < 4.78 is 53.7. The van der Waals surface area contributed by atoms with Crippen LogP contribution in [0, 0.1) is 30.3 Å². The second-order valence-corrected chi connectivity index (χ2v) is 8.55. The molecule has 0 spiro atoms. The standard InChI is InChI=1S/C27H26F3NO5/c1-14-5-7-18(20(29)11-14)24(19-8-6-17(28)13-21(19)30)16(3)36-27(34)15(2)12-22(32)25-26(33)23(35-4)9-10-31-25/h5-11,13,15-16,24,33H,12H2,1-4H3/t15-,16+,24+/m1/s1. The zero-order chi connectivity index (χ0) is 26.6. The van der Waals surface area contributed by atoms with Gasteiger partial charge in [-0.05, 0) is 42.7 Å². The number of hydrogen-bond donors (Lipinski definition) is 1. The molecule has 0 aliphatic rings. The first-order valence-corrected chi connectivity index (χ1v) is 11.2. The molecule has 36 heavy (non-hydrogen) atoms. The van der Waals surface area contributed by atoms with Crippen LogP contribution in [0.15, 0.2) is 48.7 Å². The van der Waals surface area contributed by atoms with Gasteiger partial charge in [0, 0.05) is 24.8 Å². The first-order chi connectivity index (χ1) is 17.0. The predicted octanol–water partition coefficient (Wildman–Crippen LogP) is 5.49. The van der Waals surface area contributed by atoms with Crippen LogP contribution in [0.2, 0.25) is 0 Å². The maximum absolute atomic E-state index is 14.9. The van der Waals surface area contributed by atoms with Gasteiger partial charge in [0.15, 0.2) is 23.0 Å². The Balaban J connectivity index is 1.84. The molecule has 2 aromatic carbocycles. The number of ketones is 1. The van der Waals surface area contributed by atoms with E-state index in [1.54, 1.807) is 13.0 Å². The molecule has 1 heterocycles. The number of aryl methyl sites for hydroxylation is 1. The highest BCUT2D eigenvalue weighted by molar-refractivity contribution is 5.99. The average Bonchev–Trinajstić information content (AvgIpc) is 2.81. The lowest BCUT2D eigenvalue weighted by Crippen LogP contribution is -2.29. The van der Waals surface area contributed by atoms with Crippen molar-refractivity contribution in [2.75, 3.05) is 7.11 Å². The van der Waals surface area contributed by atoms with Crippen LogP contribution in [0.1, 0.15) is 53.4 Å². The van der Waals surface area contributed by atoms with E-state index in [0.717, 1.165) is 6.07 Å². The van der Waals surface area contributed by atoms with E-state index in [4.69, 9.17) is 9.47 Å². The van der Waals surface area contributed by atoms with Crippen molar-refractivity contribution in [1.82, 2.24) is 4.98 Å². The molecule has 0 unspecified atom stereocenters. The van der Waals surface area contributed by atoms with Gasteiger partial charge in [-0.25, -0.2) is 18.2 Å². The number of nitrogens with zero attached hydrogens (tertiary/aromatic N) is 1. The van der Waals surface area contributed by atoms with E-state index in [2.05, 4.69) is 4.98 Å². The molecular formula is C27H26F3NO5. The second-order valence-electron chi connectivity index (χ2n) is 8.55. The molecular weight excluding hydrogens is 475 g/mol. The number of aromatic hydroxyl groups is 1. The summed E-state index contributed by atoms with van der Waals surface area (Å²) in [4.78, 5) is 29.3. The molecule has 0 saturated carbocycles. The van der Waals surface area contributed by atoms with Crippen molar-refractivity contribution >= 4 is 11.8 Å². The summed E-state index contributed by atoms with van der Waals surface area (Å²) in [5.41, 5.74) is 0.408. The van der Waals surface area contributed by atoms with Gasteiger partial charge in [-0.1, -0.05) is 25.1 Å². The third-order valence-electron chi connectivity index (χ3n) is 5.83. The Morgan fingerprint density at radius 1 is 1.00 bits per heavy atom. The Kier molecular flexibility index (Phi) is 8.34. The lowest BCUT2D eigenvalue weighted by molar-refractivity contribution is -0.153. The Labute approximate surface area is 206 Å². The van der Waals surface area contributed by atoms with Crippen molar-refractivity contribution in [2.24, 2.45) is 5.92 Å². The molecule has 1 N–H and O–H groups in total. The van der Waals surface area contributed by atoms with E-state index >= 15 is 0 Å². The first-order valence-electron chi connectivity index (χ1n) is 11.2. The Bertz CT molecular complexity index is 1230. The number of aromatic nitrogens is 1. The number of rotatable bonds is 9. The average molecular weight is 502 g/mol. The van der Waals surface area contributed by atoms with E-state index in [1.165, 1.54) is 51.4 Å². The summed E-state index contributed by atoms with van der Waals surface area (Å²) in [6, 6.07) is 8.66. The van der Waals surface area contributed by atoms with Crippen molar-refractivity contribution in [3.8, 4) is 11.5 Å². The lowest BCUT2D eigenvalue weighted by atomic mass is 9.86. The summed E-state index contributed by atoms with van der Waals surface area (Å²) in [6.45, 7) is 4.61. The third kappa shape index (κ3) is 5.84. The fraction of sp³-hybridized carbons (Fsp3) is 0.296. The summed E-state index contributed by atoms with van der Waals surface area (Å²) in [6.07, 6.45) is -0.127. The number of halogens is 3. The maximum atomic E-state index is 14.9. The van der Waals surface area contributed by atoms with Crippen LogP contribution in [-0.2, 0) is 9.53 Å². The van der Waals surface area contributed by atoms with Crippen LogP contribution in [0.3, 0.4) is 0 Å². The molecule has 9 heteroatoms. The van der Waals surface area contributed by atoms with E-state index in [0.29, 0.717) is 11.6 Å². The summed E-state index contributed by atoms with van der Waals surface area (Å²) in [7, 11) is 1.32. The minimum atomic E-state index is -1.08. The van der Waals surface area contributed by atoms with Crippen LogP contribution in [0.25, 0.3) is 0 Å². The highest BCUT2D eigenvalue weighted by Gasteiger charge is 2.32. The molecule has 0 amide bonds. The molecule has 0 saturated heterocycles. The fourth-order valence-electron chi connectivity index (χ4n) is 3.94. The first kappa shape index (κ1) is 26.7. The van der Waals surface area contributed by atoms with E-state index in [1.807, 2.05) is 0 Å². The lowest BCUT2D eigenvalue weighted by Gasteiger charge is -2.27. The Morgan fingerprint density at radius 3 is 2.25 bits per heavy atom. The number of pyridine rings is 1. The summed E-state index contributed by atoms with van der Waals surface area (Å²) in [5, 5.41) is 10.1. The van der Waals surface area contributed by atoms with Gasteiger partial charge in [-0.3, -0.25) is 9.59 Å². The van der Waals surface area contributed by atoms with Gasteiger partial charge in [-0.15, -0.1) is 0 Å². The molecule has 0 aliphatic heterocycles. The molecule has 6 nitrogen and oxygen atoms in total. The molecule has 3 aromatic rings. The van der Waals surface area contributed by atoms with Crippen molar-refractivity contribution < 1.29 is 37.3 Å². The van der Waals surface area contributed by atoms with Crippen molar-refractivity contribution in [3.63, 3.8) is 0 Å². The number of methoxy groups -OCH3 is 1. The van der Waals surface area contributed by atoms with Crippen LogP contribution >= 0.6 is 0 Å². The second kappa shape index (κ2) is 11.2. The van der Waals surface area contributed by atoms with Crippen molar-refractivity contribution in [2.45, 2.75) is 39.2 Å². The number of esters is 1. The van der Waals surface area contributed by atoms with Gasteiger partial charge in [0.05, 0.1) is 18.9 Å². The molecule has 190 valence electrons. The monoisotopic (exact) mass is 501 g/mol. The van der Waals surface area contributed by atoms with Crippen molar-refractivity contribution in [1.29, 1.82) is 0 Å². The Morgan fingerprint density at radius 2 is 1.64 bits per heavy atom. The maximum Gasteiger partial charge on any atom is 0.309 e. The van der Waals surface area contributed by atoms with Crippen LogP contribution < -0.4 is 4.74 Å². The van der Waals surface area contributed by atoms with E-state index in [-0.39, 0.29) is 29.0 Å². The molecule has 0 aliphatic carbocycles. The number of carbonyl (C=O) groups is 2. The predicted molar refractivity (Wildman–Crippen MR) is 125 cm³/mol. The van der Waals surface area contributed by atoms with E-state index in [9.17, 15) is 27.9 Å². The third-order valence-corrected chi connectivity index (χ3v) is 5.83. The topological polar surface area (TPSA) is 85.7 Å². The minimum absolute atomic E-state index is 0.0475. The largest absolute Gasteiger partial charge is 0.503 e. The molecule has 3 atom stereocenters. The quantitative estimate of drug-likeness (QED) is 0.308. The molecule has 0 bridgehead atoms. The number of carbonyl (C=O) groups excluding carboxylic acids is 2. The van der Waals surface area contributed by atoms with E-state index < -0.39 is 52.9 Å². The summed E-state index contributed by atoms with van der Waals surface area (Å²) >= 11 is 0. The molecule has 3 rings (SSSR count). The molecule has 0 fully saturated rings. The number of ether oxygens (including phenoxy) is 2. The molecule has 1 aromatic heterocycles. The van der Waals surface area contributed by atoms with Gasteiger partial charge < -0.3 is 14.6 Å². The molecule has 0 radical (unpaired) electrons. The normalized spacial score (nSPS) is 13.5. The van der Waals surface area contributed by atoms with Gasteiger partial charge in [-0.2, -0.15) is 0 Å². The van der Waals surface area contributed by atoms with Gasteiger partial charge >= 0.3 is 5.97 Å².